The van der Waals surface area contributed by atoms with Crippen LogP contribution < -0.4 is 5.32 Å². The topological polar surface area (TPSA) is 62.2 Å². The Hall–Kier alpha value is -2.40. The number of hydrogen-bond acceptors (Lipinski definition) is 4. The van der Waals surface area contributed by atoms with E-state index in [2.05, 4.69) is 10.3 Å². The van der Waals surface area contributed by atoms with Gasteiger partial charge in [0.1, 0.15) is 0 Å². The molecule has 0 amide bonds. The molecule has 0 saturated carbocycles. The summed E-state index contributed by atoms with van der Waals surface area (Å²) in [6, 6.07) is 12.6. The van der Waals surface area contributed by atoms with Crippen molar-refractivity contribution in [3.05, 3.63) is 53.5 Å². The van der Waals surface area contributed by atoms with E-state index in [1.54, 1.807) is 41.1 Å². The van der Waals surface area contributed by atoms with Crippen LogP contribution in [0.4, 0.5) is 11.4 Å². The molecule has 0 aliphatic carbocycles. The normalized spacial score (nSPS) is 10.5. The molecule has 94 valence electrons. The lowest BCUT2D eigenvalue weighted by atomic mass is 10.1. The van der Waals surface area contributed by atoms with Gasteiger partial charge in [0.2, 0.25) is 0 Å². The van der Waals surface area contributed by atoms with Gasteiger partial charge in [-0.1, -0.05) is 12.1 Å². The second kappa shape index (κ2) is 4.70. The number of anilines is 2. The molecule has 0 fully saturated rings. The molecule has 5 heteroatoms. The molecule has 3 rings (SSSR count). The fraction of sp³-hybridized carbons (Fsp3) is 0. The van der Waals surface area contributed by atoms with Crippen molar-refractivity contribution < 1.29 is 9.90 Å². The van der Waals surface area contributed by atoms with E-state index in [0.29, 0.717) is 5.69 Å². The molecular weight excluding hydrogens is 260 g/mol. The Labute approximate surface area is 113 Å². The molecule has 0 aliphatic rings. The summed E-state index contributed by atoms with van der Waals surface area (Å²) in [5.41, 5.74) is 4.43. The van der Waals surface area contributed by atoms with Crippen molar-refractivity contribution in [2.24, 2.45) is 0 Å². The average Bonchev–Trinajstić information content (AvgIpc) is 2.86. The molecule has 0 saturated heterocycles. The maximum absolute atomic E-state index is 11.1. The number of carboxylic acids is 1. The smallest absolute Gasteiger partial charge is 0.337 e. The summed E-state index contributed by atoms with van der Waals surface area (Å²) in [7, 11) is 0. The molecular formula is C14H10N2O2S. The zero-order chi connectivity index (χ0) is 13.2. The van der Waals surface area contributed by atoms with Gasteiger partial charge in [0.05, 0.1) is 27.0 Å². The third-order valence-electron chi connectivity index (χ3n) is 2.77. The molecule has 1 aromatic heterocycles. The van der Waals surface area contributed by atoms with E-state index in [4.69, 9.17) is 5.11 Å². The number of nitrogens with one attached hydrogen (secondary N) is 1. The Morgan fingerprint density at radius 1 is 1.21 bits per heavy atom. The van der Waals surface area contributed by atoms with Crippen molar-refractivity contribution in [2.45, 2.75) is 0 Å². The van der Waals surface area contributed by atoms with Gasteiger partial charge in [0.15, 0.2) is 0 Å². The van der Waals surface area contributed by atoms with Crippen molar-refractivity contribution in [1.29, 1.82) is 0 Å². The predicted molar refractivity (Wildman–Crippen MR) is 76.3 cm³/mol. The number of para-hydroxylation sites is 1. The first-order chi connectivity index (χ1) is 9.24. The van der Waals surface area contributed by atoms with E-state index < -0.39 is 5.97 Å². The van der Waals surface area contributed by atoms with Crippen LogP contribution in [0, 0.1) is 0 Å². The fourth-order valence-electron chi connectivity index (χ4n) is 1.87. The summed E-state index contributed by atoms with van der Waals surface area (Å²) in [6.45, 7) is 0. The maximum atomic E-state index is 11.1. The Morgan fingerprint density at radius 2 is 2.05 bits per heavy atom. The highest BCUT2D eigenvalue weighted by atomic mass is 32.1. The van der Waals surface area contributed by atoms with E-state index >= 15 is 0 Å². The highest BCUT2D eigenvalue weighted by Gasteiger charge is 2.09. The monoisotopic (exact) mass is 270 g/mol. The van der Waals surface area contributed by atoms with Gasteiger partial charge in [-0.15, -0.1) is 11.3 Å². The van der Waals surface area contributed by atoms with Crippen molar-refractivity contribution in [3.63, 3.8) is 0 Å². The van der Waals surface area contributed by atoms with Gasteiger partial charge in [-0.25, -0.2) is 9.78 Å². The number of thiazole rings is 1. The highest BCUT2D eigenvalue weighted by molar-refractivity contribution is 7.16. The molecule has 2 N–H and O–H groups in total. The summed E-state index contributed by atoms with van der Waals surface area (Å²) < 4.78 is 1.07. The van der Waals surface area contributed by atoms with E-state index in [0.717, 1.165) is 15.9 Å². The molecule has 19 heavy (non-hydrogen) atoms. The summed E-state index contributed by atoms with van der Waals surface area (Å²) >= 11 is 1.56. The van der Waals surface area contributed by atoms with Gasteiger partial charge in [-0.05, 0) is 30.3 Å². The molecule has 0 spiro atoms. The number of carboxylic acid groups (broad SMARTS) is 1. The van der Waals surface area contributed by atoms with Crippen LogP contribution in [0.1, 0.15) is 10.4 Å². The molecule has 4 nitrogen and oxygen atoms in total. The molecule has 2 aromatic carbocycles. The first-order valence-electron chi connectivity index (χ1n) is 5.66. The van der Waals surface area contributed by atoms with Crippen molar-refractivity contribution in [3.8, 4) is 0 Å². The summed E-state index contributed by atoms with van der Waals surface area (Å²) in [4.78, 5) is 15.3. The minimum atomic E-state index is -0.943. The van der Waals surface area contributed by atoms with Gasteiger partial charge in [0.25, 0.3) is 0 Å². The van der Waals surface area contributed by atoms with Crippen LogP contribution in [-0.4, -0.2) is 16.1 Å². The fourth-order valence-corrected chi connectivity index (χ4v) is 2.58. The molecule has 0 radical (unpaired) electrons. The second-order valence-electron chi connectivity index (χ2n) is 4.01. The zero-order valence-electron chi connectivity index (χ0n) is 9.83. The third kappa shape index (κ3) is 2.28. The zero-order valence-corrected chi connectivity index (χ0v) is 10.6. The van der Waals surface area contributed by atoms with E-state index in [-0.39, 0.29) is 5.56 Å². The SMILES string of the molecule is O=C(O)c1ccccc1Nc1ccc2ncsc2c1. The Balaban J connectivity index is 1.98. The van der Waals surface area contributed by atoms with Gasteiger partial charge in [-0.3, -0.25) is 0 Å². The minimum absolute atomic E-state index is 0.256. The van der Waals surface area contributed by atoms with Gasteiger partial charge in [0, 0.05) is 5.69 Å². The van der Waals surface area contributed by atoms with Crippen LogP contribution in [0.3, 0.4) is 0 Å². The molecule has 3 aromatic rings. The highest BCUT2D eigenvalue weighted by Crippen LogP contribution is 2.25. The number of fused-ring (bicyclic) bond motifs is 1. The van der Waals surface area contributed by atoms with Crippen LogP contribution in [0.25, 0.3) is 10.2 Å². The summed E-state index contributed by atoms with van der Waals surface area (Å²) in [5.74, 6) is -0.943. The number of benzene rings is 2. The average molecular weight is 270 g/mol. The van der Waals surface area contributed by atoms with Crippen LogP contribution in [0.15, 0.2) is 48.0 Å². The predicted octanol–water partition coefficient (Wildman–Crippen LogP) is 3.74. The van der Waals surface area contributed by atoms with Crippen LogP contribution >= 0.6 is 11.3 Å². The quantitative estimate of drug-likeness (QED) is 0.761. The molecule has 0 unspecified atom stereocenters. The van der Waals surface area contributed by atoms with Gasteiger partial charge in [-0.2, -0.15) is 0 Å². The summed E-state index contributed by atoms with van der Waals surface area (Å²) in [5, 5.41) is 12.3. The van der Waals surface area contributed by atoms with Crippen LogP contribution in [0.2, 0.25) is 0 Å². The lowest BCUT2D eigenvalue weighted by Crippen LogP contribution is -2.02. The Morgan fingerprint density at radius 3 is 2.89 bits per heavy atom. The number of aromatic nitrogens is 1. The number of hydrogen-bond donors (Lipinski definition) is 2. The molecule has 0 aliphatic heterocycles. The lowest BCUT2D eigenvalue weighted by Gasteiger charge is -2.09. The third-order valence-corrected chi connectivity index (χ3v) is 3.56. The van der Waals surface area contributed by atoms with Crippen LogP contribution in [-0.2, 0) is 0 Å². The molecule has 1 heterocycles. The van der Waals surface area contributed by atoms with Gasteiger partial charge < -0.3 is 10.4 Å². The lowest BCUT2D eigenvalue weighted by molar-refractivity contribution is 0.0698. The van der Waals surface area contributed by atoms with Crippen molar-refractivity contribution >= 4 is 38.9 Å². The standard InChI is InChI=1S/C14H10N2O2S/c17-14(18)10-3-1-2-4-11(10)16-9-5-6-12-13(7-9)19-8-15-12/h1-8,16H,(H,17,18). The number of carbonyl (C=O) groups is 1. The minimum Gasteiger partial charge on any atom is -0.478 e. The van der Waals surface area contributed by atoms with Crippen LogP contribution in [0.5, 0.6) is 0 Å². The maximum Gasteiger partial charge on any atom is 0.337 e. The number of nitrogens with zero attached hydrogens (tertiary/aromatic N) is 1. The van der Waals surface area contributed by atoms with Crippen molar-refractivity contribution in [2.75, 3.05) is 5.32 Å². The molecule has 0 atom stereocenters. The number of rotatable bonds is 3. The van der Waals surface area contributed by atoms with Gasteiger partial charge >= 0.3 is 5.97 Å². The van der Waals surface area contributed by atoms with E-state index in [1.807, 2.05) is 18.2 Å². The second-order valence-corrected chi connectivity index (χ2v) is 4.90. The Bertz CT molecular complexity index is 752. The largest absolute Gasteiger partial charge is 0.478 e. The first kappa shape index (κ1) is 11.7. The first-order valence-corrected chi connectivity index (χ1v) is 6.54. The number of aromatic carboxylic acids is 1. The van der Waals surface area contributed by atoms with E-state index in [1.165, 1.54) is 0 Å². The molecule has 0 bridgehead atoms. The summed E-state index contributed by atoms with van der Waals surface area (Å²) in [6.07, 6.45) is 0. The van der Waals surface area contributed by atoms with E-state index in [9.17, 15) is 4.79 Å². The Kier molecular flexibility index (Phi) is 2.89. The van der Waals surface area contributed by atoms with Crippen molar-refractivity contribution in [1.82, 2.24) is 4.98 Å².